The van der Waals surface area contributed by atoms with Crippen LogP contribution in [-0.2, 0) is 0 Å². The summed E-state index contributed by atoms with van der Waals surface area (Å²) in [5, 5.41) is 0. The Bertz CT molecular complexity index is 499. The van der Waals surface area contributed by atoms with Gasteiger partial charge in [0.2, 0.25) is 0 Å². The Kier molecular flexibility index (Phi) is 1.92. The van der Waals surface area contributed by atoms with Crippen molar-refractivity contribution < 1.29 is 0 Å². The van der Waals surface area contributed by atoms with Crippen LogP contribution in [0.15, 0.2) is 66.3 Å². The Hall–Kier alpha value is -1.82. The summed E-state index contributed by atoms with van der Waals surface area (Å²) in [4.78, 5) is 0. The van der Waals surface area contributed by atoms with Gasteiger partial charge in [-0.2, -0.15) is 0 Å². The van der Waals surface area contributed by atoms with Crippen LogP contribution in [0.2, 0.25) is 0 Å². The molecule has 3 rings (SSSR count). The smallest absolute Gasteiger partial charge is 0.0278 e. The van der Waals surface area contributed by atoms with Gasteiger partial charge in [-0.25, -0.2) is 0 Å². The number of allylic oxidation sites excluding steroid dienone is 7. The lowest BCUT2D eigenvalue weighted by atomic mass is 9.94. The van der Waals surface area contributed by atoms with Crippen LogP contribution in [0.1, 0.15) is 17.0 Å². The number of rotatable bonds is 0. The Morgan fingerprint density at radius 3 is 2.73 bits per heavy atom. The van der Waals surface area contributed by atoms with Crippen LogP contribution in [0.4, 0.5) is 0 Å². The van der Waals surface area contributed by atoms with E-state index in [0.717, 1.165) is 0 Å². The summed E-state index contributed by atoms with van der Waals surface area (Å²) in [6.45, 7) is 0. The zero-order valence-corrected chi connectivity index (χ0v) is 8.43. The summed E-state index contributed by atoms with van der Waals surface area (Å²) in [5.74, 6) is 0.447. The molecule has 15 heavy (non-hydrogen) atoms. The summed E-state index contributed by atoms with van der Waals surface area (Å²) < 4.78 is 0. The maximum absolute atomic E-state index is 2.28. The van der Waals surface area contributed by atoms with Crippen molar-refractivity contribution in [2.45, 2.75) is 5.92 Å². The lowest BCUT2D eigenvalue weighted by Gasteiger charge is -2.10. The number of benzene rings is 1. The van der Waals surface area contributed by atoms with Crippen molar-refractivity contribution in [3.05, 3.63) is 77.4 Å². The van der Waals surface area contributed by atoms with E-state index in [2.05, 4.69) is 66.8 Å². The van der Waals surface area contributed by atoms with E-state index >= 15 is 0 Å². The topological polar surface area (TPSA) is 0 Å². The molecular formula is C15H12. The molecule has 0 heteroatoms. The van der Waals surface area contributed by atoms with Crippen molar-refractivity contribution in [2.75, 3.05) is 0 Å². The van der Waals surface area contributed by atoms with Gasteiger partial charge in [-0.3, -0.25) is 0 Å². The quantitative estimate of drug-likeness (QED) is 0.585. The average molecular weight is 192 g/mol. The molecule has 0 nitrogen and oxygen atoms in total. The van der Waals surface area contributed by atoms with Crippen molar-refractivity contribution in [3.63, 3.8) is 0 Å². The van der Waals surface area contributed by atoms with Crippen molar-refractivity contribution in [1.82, 2.24) is 0 Å². The van der Waals surface area contributed by atoms with Crippen LogP contribution >= 0.6 is 0 Å². The lowest BCUT2D eigenvalue weighted by Crippen LogP contribution is -1.93. The number of hydrogen-bond acceptors (Lipinski definition) is 0. The summed E-state index contributed by atoms with van der Waals surface area (Å²) in [5.41, 5.74) is 4.16. The monoisotopic (exact) mass is 192 g/mol. The van der Waals surface area contributed by atoms with Crippen LogP contribution in [-0.4, -0.2) is 0 Å². The largest absolute Gasteiger partial charge is 0.0726 e. The molecule has 2 aliphatic carbocycles. The second-order valence-corrected chi connectivity index (χ2v) is 3.88. The Morgan fingerprint density at radius 1 is 0.867 bits per heavy atom. The molecule has 1 atom stereocenters. The normalized spacial score (nSPS) is 21.6. The third-order valence-electron chi connectivity index (χ3n) is 2.94. The Morgan fingerprint density at radius 2 is 1.73 bits per heavy atom. The average Bonchev–Trinajstić information content (AvgIpc) is 2.55. The van der Waals surface area contributed by atoms with Crippen molar-refractivity contribution in [2.24, 2.45) is 0 Å². The van der Waals surface area contributed by atoms with Gasteiger partial charge in [0, 0.05) is 5.92 Å². The molecule has 0 heterocycles. The van der Waals surface area contributed by atoms with E-state index in [-0.39, 0.29) is 0 Å². The Balaban J connectivity index is 2.15. The molecule has 2 aliphatic rings. The highest BCUT2D eigenvalue weighted by Gasteiger charge is 2.20. The second-order valence-electron chi connectivity index (χ2n) is 3.88. The van der Waals surface area contributed by atoms with Crippen LogP contribution in [0.3, 0.4) is 0 Å². The molecule has 1 unspecified atom stereocenters. The number of hydrogen-bond donors (Lipinski definition) is 0. The molecular weight excluding hydrogens is 180 g/mol. The molecule has 0 aliphatic heterocycles. The first-order chi connectivity index (χ1) is 7.45. The van der Waals surface area contributed by atoms with Gasteiger partial charge in [-0.1, -0.05) is 66.8 Å². The fourth-order valence-corrected chi connectivity index (χ4v) is 2.21. The van der Waals surface area contributed by atoms with Gasteiger partial charge < -0.3 is 0 Å². The van der Waals surface area contributed by atoms with Gasteiger partial charge in [0.1, 0.15) is 0 Å². The maximum Gasteiger partial charge on any atom is 0.0278 e. The van der Waals surface area contributed by atoms with E-state index in [0.29, 0.717) is 5.92 Å². The van der Waals surface area contributed by atoms with Crippen LogP contribution < -0.4 is 0 Å². The van der Waals surface area contributed by atoms with Gasteiger partial charge in [-0.15, -0.1) is 0 Å². The molecule has 72 valence electrons. The van der Waals surface area contributed by atoms with E-state index in [4.69, 9.17) is 0 Å². The second kappa shape index (κ2) is 3.39. The highest BCUT2D eigenvalue weighted by atomic mass is 14.2. The van der Waals surface area contributed by atoms with Crippen LogP contribution in [0.25, 0.3) is 6.08 Å². The summed E-state index contributed by atoms with van der Waals surface area (Å²) in [7, 11) is 0. The van der Waals surface area contributed by atoms with E-state index in [1.807, 2.05) is 0 Å². The zero-order chi connectivity index (χ0) is 10.1. The van der Waals surface area contributed by atoms with Crippen molar-refractivity contribution in [3.8, 4) is 0 Å². The van der Waals surface area contributed by atoms with Gasteiger partial charge >= 0.3 is 0 Å². The predicted molar refractivity (Wildman–Crippen MR) is 64.6 cm³/mol. The predicted octanol–water partition coefficient (Wildman–Crippen LogP) is 3.85. The highest BCUT2D eigenvalue weighted by molar-refractivity contribution is 5.70. The van der Waals surface area contributed by atoms with Gasteiger partial charge in [0.25, 0.3) is 0 Å². The van der Waals surface area contributed by atoms with E-state index in [9.17, 15) is 0 Å². The molecule has 0 N–H and O–H groups in total. The summed E-state index contributed by atoms with van der Waals surface area (Å²) in [6, 6.07) is 8.61. The number of fused-ring (bicyclic) bond motifs is 3. The van der Waals surface area contributed by atoms with E-state index in [1.165, 1.54) is 16.7 Å². The third-order valence-corrected chi connectivity index (χ3v) is 2.94. The van der Waals surface area contributed by atoms with Crippen LogP contribution in [0.5, 0.6) is 0 Å². The third kappa shape index (κ3) is 1.39. The van der Waals surface area contributed by atoms with Crippen molar-refractivity contribution in [1.29, 1.82) is 0 Å². The summed E-state index contributed by atoms with van der Waals surface area (Å²) in [6.07, 6.45) is 15.1. The van der Waals surface area contributed by atoms with Gasteiger partial charge in [0.15, 0.2) is 0 Å². The molecule has 0 saturated heterocycles. The fraction of sp³-hybridized carbons (Fsp3) is 0.0667. The lowest BCUT2D eigenvalue weighted by molar-refractivity contribution is 1.06. The van der Waals surface area contributed by atoms with Gasteiger partial charge in [0.05, 0.1) is 0 Å². The van der Waals surface area contributed by atoms with Crippen molar-refractivity contribution >= 4 is 6.08 Å². The first kappa shape index (κ1) is 8.49. The molecule has 0 bridgehead atoms. The minimum absolute atomic E-state index is 0.447. The molecule has 0 amide bonds. The fourth-order valence-electron chi connectivity index (χ4n) is 2.21. The van der Waals surface area contributed by atoms with Gasteiger partial charge in [-0.05, 0) is 16.7 Å². The molecule has 0 radical (unpaired) electrons. The SMILES string of the molecule is C1=CC=CC2C(=Cc3ccccc32)C=C1. The molecule has 0 aromatic heterocycles. The molecule has 0 saturated carbocycles. The molecule has 1 aromatic rings. The first-order valence-corrected chi connectivity index (χ1v) is 5.27. The first-order valence-electron chi connectivity index (χ1n) is 5.27. The summed E-state index contributed by atoms with van der Waals surface area (Å²) >= 11 is 0. The standard InChI is InChI=1S/C15H12/c1-2-4-9-14-12(7-3-1)11-13-8-5-6-10-15(13)14/h1-11,14H. The highest BCUT2D eigenvalue weighted by Crippen LogP contribution is 2.38. The minimum Gasteiger partial charge on any atom is -0.0726 e. The Labute approximate surface area is 89.9 Å². The zero-order valence-electron chi connectivity index (χ0n) is 8.43. The molecule has 1 aromatic carbocycles. The molecule has 0 fully saturated rings. The maximum atomic E-state index is 2.28. The van der Waals surface area contributed by atoms with E-state index in [1.54, 1.807) is 0 Å². The van der Waals surface area contributed by atoms with E-state index < -0.39 is 0 Å². The molecule has 0 spiro atoms. The minimum atomic E-state index is 0.447. The van der Waals surface area contributed by atoms with Crippen LogP contribution in [0, 0.1) is 0 Å².